The van der Waals surface area contributed by atoms with Crippen LogP contribution in [-0.2, 0) is 6.42 Å². The number of nitrogens with one attached hydrogen (secondary N) is 3. The molecule has 0 aliphatic carbocycles. The van der Waals surface area contributed by atoms with Gasteiger partial charge in [-0.05, 0) is 38.1 Å². The Kier molecular flexibility index (Phi) is 5.55. The Hall–Kier alpha value is -0.840. The maximum atomic E-state index is 3.50. The average Bonchev–Trinajstić information content (AvgIpc) is 2.88. The van der Waals surface area contributed by atoms with Crippen molar-refractivity contribution in [2.45, 2.75) is 12.8 Å². The molecule has 2 heterocycles. The van der Waals surface area contributed by atoms with Crippen molar-refractivity contribution in [1.82, 2.24) is 20.5 Å². The third-order valence-corrected chi connectivity index (χ3v) is 3.27. The molecule has 1 aliphatic rings. The summed E-state index contributed by atoms with van der Waals surface area (Å²) in [5, 5.41) is 6.88. The summed E-state index contributed by atoms with van der Waals surface area (Å²) in [5.41, 5.74) is 1.32. The Morgan fingerprint density at radius 2 is 2.12 bits per heavy atom. The molecule has 1 saturated heterocycles. The number of hydrogen-bond donors (Lipinski definition) is 3. The molecule has 96 valence electrons. The lowest BCUT2D eigenvalue weighted by atomic mass is 10.3. The fourth-order valence-corrected chi connectivity index (χ4v) is 2.23. The highest BCUT2D eigenvalue weighted by atomic mass is 15.2. The largest absolute Gasteiger partial charge is 0.365 e. The molecule has 0 spiro atoms. The van der Waals surface area contributed by atoms with E-state index in [1.165, 1.54) is 31.7 Å². The minimum Gasteiger partial charge on any atom is -0.365 e. The number of nitrogens with zero attached hydrogens (tertiary/aromatic N) is 1. The van der Waals surface area contributed by atoms with Crippen molar-refractivity contribution in [3.05, 3.63) is 24.0 Å². The normalized spacial score (nSPS) is 17.4. The first kappa shape index (κ1) is 12.6. The van der Waals surface area contributed by atoms with Gasteiger partial charge in [0.25, 0.3) is 0 Å². The van der Waals surface area contributed by atoms with Gasteiger partial charge in [-0.1, -0.05) is 0 Å². The zero-order chi connectivity index (χ0) is 11.8. The lowest BCUT2D eigenvalue weighted by Gasteiger charge is -2.27. The quantitative estimate of drug-likeness (QED) is 0.602. The van der Waals surface area contributed by atoms with Crippen LogP contribution < -0.4 is 10.6 Å². The molecular formula is C13H24N4. The first-order chi connectivity index (χ1) is 8.45. The molecule has 0 saturated carbocycles. The Labute approximate surface area is 104 Å². The van der Waals surface area contributed by atoms with Crippen LogP contribution in [0.4, 0.5) is 0 Å². The summed E-state index contributed by atoms with van der Waals surface area (Å²) in [4.78, 5) is 5.77. The molecule has 0 bridgehead atoms. The van der Waals surface area contributed by atoms with Gasteiger partial charge in [-0.25, -0.2) is 0 Å². The third-order valence-electron chi connectivity index (χ3n) is 3.27. The zero-order valence-electron chi connectivity index (χ0n) is 10.5. The van der Waals surface area contributed by atoms with Gasteiger partial charge in [0.1, 0.15) is 0 Å². The number of hydrogen-bond acceptors (Lipinski definition) is 3. The monoisotopic (exact) mass is 236 g/mol. The van der Waals surface area contributed by atoms with E-state index in [2.05, 4.69) is 32.7 Å². The lowest BCUT2D eigenvalue weighted by molar-refractivity contribution is 0.238. The van der Waals surface area contributed by atoms with E-state index in [0.29, 0.717) is 0 Å². The Morgan fingerprint density at radius 1 is 1.24 bits per heavy atom. The van der Waals surface area contributed by atoms with E-state index in [4.69, 9.17) is 0 Å². The molecule has 0 aromatic carbocycles. The van der Waals surface area contributed by atoms with E-state index >= 15 is 0 Å². The molecule has 2 rings (SSSR count). The fourth-order valence-electron chi connectivity index (χ4n) is 2.23. The van der Waals surface area contributed by atoms with Crippen molar-refractivity contribution in [3.8, 4) is 0 Å². The standard InChI is InChI=1S/C13H24N4/c1-3-13(16-6-1)4-7-14-5-2-10-17-11-8-15-9-12-17/h1,3,6,14-16H,2,4-5,7-12H2. The van der Waals surface area contributed by atoms with E-state index < -0.39 is 0 Å². The van der Waals surface area contributed by atoms with Crippen LogP contribution in [0.2, 0.25) is 0 Å². The van der Waals surface area contributed by atoms with Crippen LogP contribution in [0.25, 0.3) is 0 Å². The summed E-state index contributed by atoms with van der Waals surface area (Å²) >= 11 is 0. The van der Waals surface area contributed by atoms with Crippen LogP contribution in [0.5, 0.6) is 0 Å². The van der Waals surface area contributed by atoms with Crippen LogP contribution in [0.3, 0.4) is 0 Å². The first-order valence-electron chi connectivity index (χ1n) is 6.71. The molecule has 0 amide bonds. The maximum Gasteiger partial charge on any atom is 0.0159 e. The van der Waals surface area contributed by atoms with Crippen molar-refractivity contribution in [3.63, 3.8) is 0 Å². The van der Waals surface area contributed by atoms with E-state index in [1.807, 2.05) is 6.20 Å². The van der Waals surface area contributed by atoms with E-state index in [0.717, 1.165) is 32.6 Å². The summed E-state index contributed by atoms with van der Waals surface area (Å²) < 4.78 is 0. The Morgan fingerprint density at radius 3 is 2.88 bits per heavy atom. The molecule has 0 unspecified atom stereocenters. The van der Waals surface area contributed by atoms with Gasteiger partial charge in [0.15, 0.2) is 0 Å². The van der Waals surface area contributed by atoms with E-state index in [-0.39, 0.29) is 0 Å². The summed E-state index contributed by atoms with van der Waals surface area (Å²) in [6, 6.07) is 4.20. The van der Waals surface area contributed by atoms with Gasteiger partial charge in [0.05, 0.1) is 0 Å². The van der Waals surface area contributed by atoms with Crippen molar-refractivity contribution < 1.29 is 0 Å². The van der Waals surface area contributed by atoms with Crippen LogP contribution in [-0.4, -0.2) is 55.7 Å². The number of piperazine rings is 1. The minimum absolute atomic E-state index is 1.07. The zero-order valence-corrected chi connectivity index (χ0v) is 10.5. The summed E-state index contributed by atoms with van der Waals surface area (Å²) in [7, 11) is 0. The molecule has 4 nitrogen and oxygen atoms in total. The maximum absolute atomic E-state index is 3.50. The second-order valence-electron chi connectivity index (χ2n) is 4.64. The van der Waals surface area contributed by atoms with Gasteiger partial charge in [-0.2, -0.15) is 0 Å². The lowest BCUT2D eigenvalue weighted by Crippen LogP contribution is -2.44. The predicted octanol–water partition coefficient (Wildman–Crippen LogP) is 0.442. The summed E-state index contributed by atoms with van der Waals surface area (Å²) in [5.74, 6) is 0. The fraction of sp³-hybridized carbons (Fsp3) is 0.692. The van der Waals surface area contributed by atoms with Crippen LogP contribution >= 0.6 is 0 Å². The van der Waals surface area contributed by atoms with Crippen LogP contribution in [0.15, 0.2) is 18.3 Å². The van der Waals surface area contributed by atoms with Gasteiger partial charge in [0, 0.05) is 44.6 Å². The Bertz CT molecular complexity index is 278. The molecular weight excluding hydrogens is 212 g/mol. The number of H-pyrrole nitrogens is 1. The molecule has 17 heavy (non-hydrogen) atoms. The molecule has 1 fully saturated rings. The van der Waals surface area contributed by atoms with Crippen molar-refractivity contribution in [1.29, 1.82) is 0 Å². The third kappa shape index (κ3) is 4.89. The summed E-state index contributed by atoms with van der Waals surface area (Å²) in [6.45, 7) is 8.16. The molecule has 1 aromatic rings. The van der Waals surface area contributed by atoms with Crippen LogP contribution in [0.1, 0.15) is 12.1 Å². The first-order valence-corrected chi connectivity index (χ1v) is 6.71. The molecule has 4 heteroatoms. The van der Waals surface area contributed by atoms with Gasteiger partial charge < -0.3 is 20.5 Å². The highest BCUT2D eigenvalue weighted by Crippen LogP contribution is 1.95. The highest BCUT2D eigenvalue weighted by Gasteiger charge is 2.07. The topological polar surface area (TPSA) is 43.1 Å². The van der Waals surface area contributed by atoms with Crippen molar-refractivity contribution >= 4 is 0 Å². The van der Waals surface area contributed by atoms with Gasteiger partial charge in [-0.3, -0.25) is 0 Å². The number of aromatic nitrogens is 1. The predicted molar refractivity (Wildman–Crippen MR) is 71.3 cm³/mol. The van der Waals surface area contributed by atoms with Crippen molar-refractivity contribution in [2.75, 3.05) is 45.8 Å². The van der Waals surface area contributed by atoms with E-state index in [1.54, 1.807) is 0 Å². The molecule has 0 radical (unpaired) electrons. The smallest absolute Gasteiger partial charge is 0.0159 e. The van der Waals surface area contributed by atoms with Gasteiger partial charge >= 0.3 is 0 Å². The molecule has 3 N–H and O–H groups in total. The number of rotatable bonds is 7. The molecule has 0 atom stereocenters. The molecule has 1 aromatic heterocycles. The average molecular weight is 236 g/mol. The van der Waals surface area contributed by atoms with Crippen molar-refractivity contribution in [2.24, 2.45) is 0 Å². The second-order valence-corrected chi connectivity index (χ2v) is 4.64. The van der Waals surface area contributed by atoms with E-state index in [9.17, 15) is 0 Å². The number of aromatic amines is 1. The molecule has 1 aliphatic heterocycles. The second kappa shape index (κ2) is 7.48. The van der Waals surface area contributed by atoms with Gasteiger partial charge in [-0.15, -0.1) is 0 Å². The van der Waals surface area contributed by atoms with Crippen LogP contribution in [0, 0.1) is 0 Å². The minimum atomic E-state index is 1.07. The Balaban J connectivity index is 1.43. The summed E-state index contributed by atoms with van der Waals surface area (Å²) in [6.07, 6.45) is 4.34. The van der Waals surface area contributed by atoms with Gasteiger partial charge in [0.2, 0.25) is 0 Å². The highest BCUT2D eigenvalue weighted by molar-refractivity contribution is 5.03. The SMILES string of the molecule is c1c[nH]c(CCNCCCN2CCNCC2)c1.